The van der Waals surface area contributed by atoms with Crippen LogP contribution in [0.25, 0.3) is 0 Å². The van der Waals surface area contributed by atoms with Crippen molar-refractivity contribution in [3.63, 3.8) is 0 Å². The zero-order valence-corrected chi connectivity index (χ0v) is 20.4. The van der Waals surface area contributed by atoms with Gasteiger partial charge in [-0.3, -0.25) is 0 Å². The van der Waals surface area contributed by atoms with E-state index < -0.39 is 11.9 Å². The summed E-state index contributed by atoms with van der Waals surface area (Å²) in [5.41, 5.74) is 9.65. The van der Waals surface area contributed by atoms with E-state index in [1.54, 1.807) is 13.2 Å². The maximum absolute atomic E-state index is 11.0. The first-order valence-corrected chi connectivity index (χ1v) is 11.9. The Hall–Kier alpha value is -2.12. The summed E-state index contributed by atoms with van der Waals surface area (Å²) in [6.07, 6.45) is 6.16. The van der Waals surface area contributed by atoms with Crippen LogP contribution in [-0.4, -0.2) is 49.5 Å². The van der Waals surface area contributed by atoms with Crippen LogP contribution in [0.4, 0.5) is 0 Å². The van der Waals surface area contributed by atoms with Crippen molar-refractivity contribution < 1.29 is 24.1 Å². The van der Waals surface area contributed by atoms with E-state index in [9.17, 15) is 5.11 Å². The first kappa shape index (κ1) is 25.5. The summed E-state index contributed by atoms with van der Waals surface area (Å²) in [7, 11) is 1.58. The molecule has 0 aliphatic carbocycles. The zero-order valence-electron chi connectivity index (χ0n) is 20.4. The third kappa shape index (κ3) is 5.87. The number of nitrogens with two attached hydrogens (primary N) is 1. The Balaban J connectivity index is 1.83. The van der Waals surface area contributed by atoms with E-state index >= 15 is 0 Å². The maximum atomic E-state index is 11.0. The molecule has 2 aliphatic heterocycles. The van der Waals surface area contributed by atoms with Crippen LogP contribution in [0.1, 0.15) is 45.6 Å². The molecule has 4 unspecified atom stereocenters. The number of allylic oxidation sites excluding steroid dienone is 3. The molecule has 5 atom stereocenters. The summed E-state index contributed by atoms with van der Waals surface area (Å²) in [6.45, 7) is 11.3. The summed E-state index contributed by atoms with van der Waals surface area (Å²) in [5, 5.41) is 11.0. The lowest BCUT2D eigenvalue weighted by atomic mass is 9.83. The summed E-state index contributed by atoms with van der Waals surface area (Å²) in [6, 6.07) is 8.03. The predicted octanol–water partition coefficient (Wildman–Crippen LogP) is 4.28. The van der Waals surface area contributed by atoms with Crippen LogP contribution in [0, 0.1) is 5.92 Å². The van der Waals surface area contributed by atoms with Gasteiger partial charge < -0.3 is 29.8 Å². The van der Waals surface area contributed by atoms with E-state index in [1.807, 2.05) is 44.2 Å². The van der Waals surface area contributed by atoms with Gasteiger partial charge in [-0.2, -0.15) is 0 Å². The van der Waals surface area contributed by atoms with Crippen LogP contribution in [-0.2, 0) is 20.6 Å². The molecular formula is C27H39NO5. The molecule has 2 saturated heterocycles. The second kappa shape index (κ2) is 11.3. The van der Waals surface area contributed by atoms with Crippen LogP contribution in [0.15, 0.2) is 59.8 Å². The highest BCUT2D eigenvalue weighted by molar-refractivity contribution is 5.40. The van der Waals surface area contributed by atoms with Gasteiger partial charge in [0, 0.05) is 19.2 Å². The molecule has 1 aromatic rings. The molecule has 33 heavy (non-hydrogen) atoms. The lowest BCUT2D eigenvalue weighted by Gasteiger charge is -2.47. The van der Waals surface area contributed by atoms with Gasteiger partial charge in [0.1, 0.15) is 18.0 Å². The van der Waals surface area contributed by atoms with Gasteiger partial charge in [-0.1, -0.05) is 38.6 Å². The summed E-state index contributed by atoms with van der Waals surface area (Å²) < 4.78 is 23.5. The molecule has 0 aromatic heterocycles. The fraction of sp³-hybridized carbons (Fsp3) is 0.556. The number of methoxy groups -OCH3 is 1. The van der Waals surface area contributed by atoms with Gasteiger partial charge in [0.15, 0.2) is 0 Å². The molecule has 3 rings (SSSR count). The molecule has 2 fully saturated rings. The molecule has 6 heteroatoms. The first-order chi connectivity index (χ1) is 15.8. The zero-order chi connectivity index (χ0) is 24.0. The monoisotopic (exact) mass is 457 g/mol. The first-order valence-electron chi connectivity index (χ1n) is 11.9. The fourth-order valence-electron chi connectivity index (χ4n) is 4.62. The minimum absolute atomic E-state index is 0.0219. The van der Waals surface area contributed by atoms with E-state index in [0.29, 0.717) is 18.7 Å². The molecule has 3 N–H and O–H groups in total. The summed E-state index contributed by atoms with van der Waals surface area (Å²) in [5.74, 6) is -0.319. The molecule has 182 valence electrons. The smallest absolute Gasteiger partial charge is 0.217 e. The Morgan fingerprint density at radius 3 is 2.64 bits per heavy atom. The molecule has 0 saturated carbocycles. The Kier molecular flexibility index (Phi) is 8.76. The summed E-state index contributed by atoms with van der Waals surface area (Å²) in [4.78, 5) is 0. The van der Waals surface area contributed by atoms with Crippen molar-refractivity contribution in [2.45, 2.75) is 70.6 Å². The van der Waals surface area contributed by atoms with Gasteiger partial charge in [0.05, 0.1) is 19.3 Å². The Bertz CT molecular complexity index is 856. The van der Waals surface area contributed by atoms with E-state index in [4.69, 9.17) is 24.7 Å². The van der Waals surface area contributed by atoms with Crippen molar-refractivity contribution in [2.24, 2.45) is 11.7 Å². The molecule has 0 radical (unpaired) electrons. The molecule has 2 aliphatic rings. The van der Waals surface area contributed by atoms with Crippen molar-refractivity contribution in [1.82, 2.24) is 0 Å². The van der Waals surface area contributed by atoms with E-state index in [0.717, 1.165) is 48.3 Å². The topological polar surface area (TPSA) is 83.2 Å². The average molecular weight is 458 g/mol. The number of hydrogen-bond donors (Lipinski definition) is 2. The largest absolute Gasteiger partial charge is 0.488 e. The normalized spacial score (nSPS) is 31.2. The highest BCUT2D eigenvalue weighted by Crippen LogP contribution is 2.40. The van der Waals surface area contributed by atoms with Crippen LogP contribution in [0.5, 0.6) is 5.75 Å². The second-order valence-electron chi connectivity index (χ2n) is 9.11. The van der Waals surface area contributed by atoms with E-state index in [-0.39, 0.29) is 18.1 Å². The molecule has 0 bridgehead atoms. The van der Waals surface area contributed by atoms with Gasteiger partial charge in [0.2, 0.25) is 5.79 Å². The SMILES string of the molecule is C=C/C(N)=C(\C=C(/C)C1(OC)OC(CC)C[C@H](C)C1O)Cc1ccc(OC2CCOC2)cc1. The highest BCUT2D eigenvalue weighted by Gasteiger charge is 2.49. The van der Waals surface area contributed by atoms with Crippen molar-refractivity contribution in [2.75, 3.05) is 20.3 Å². The fourth-order valence-corrected chi connectivity index (χ4v) is 4.62. The van der Waals surface area contributed by atoms with Crippen LogP contribution in [0.3, 0.4) is 0 Å². The van der Waals surface area contributed by atoms with Gasteiger partial charge in [-0.25, -0.2) is 0 Å². The van der Waals surface area contributed by atoms with Gasteiger partial charge >= 0.3 is 0 Å². The van der Waals surface area contributed by atoms with Gasteiger partial charge in [-0.15, -0.1) is 0 Å². The third-order valence-electron chi connectivity index (χ3n) is 6.70. The predicted molar refractivity (Wildman–Crippen MR) is 130 cm³/mol. The Morgan fingerprint density at radius 2 is 2.06 bits per heavy atom. The molecule has 6 nitrogen and oxygen atoms in total. The summed E-state index contributed by atoms with van der Waals surface area (Å²) >= 11 is 0. The molecule has 1 aromatic carbocycles. The molecular weight excluding hydrogens is 418 g/mol. The quantitative estimate of drug-likeness (QED) is 0.539. The number of aliphatic hydroxyl groups excluding tert-OH is 1. The van der Waals surface area contributed by atoms with Crippen LogP contribution >= 0.6 is 0 Å². The number of benzene rings is 1. The lowest BCUT2D eigenvalue weighted by Crippen LogP contribution is -2.57. The van der Waals surface area contributed by atoms with Crippen LogP contribution < -0.4 is 10.5 Å². The van der Waals surface area contributed by atoms with E-state index in [2.05, 4.69) is 13.5 Å². The number of ether oxygens (including phenoxy) is 4. The standard InChI is InChI=1S/C27H39NO5/c1-6-22-14-18(3)26(29)27(30-5,33-22)19(4)15-21(25(28)7-2)16-20-8-10-23(11-9-20)32-24-12-13-31-17-24/h7-11,15,18,22,24,26,29H,2,6,12-14,16-17,28H2,1,3-5H3/b19-15+,25-21-/t18-,22?,24?,26?,27?/m0/s1. The third-order valence-corrected chi connectivity index (χ3v) is 6.70. The van der Waals surface area contributed by atoms with E-state index in [1.165, 1.54) is 0 Å². The average Bonchev–Trinajstić information content (AvgIpc) is 3.34. The van der Waals surface area contributed by atoms with Crippen LogP contribution in [0.2, 0.25) is 0 Å². The van der Waals surface area contributed by atoms with Crippen molar-refractivity contribution >= 4 is 0 Å². The maximum Gasteiger partial charge on any atom is 0.217 e. The molecule has 2 heterocycles. The van der Waals surface area contributed by atoms with Gasteiger partial charge in [-0.05, 0) is 67.0 Å². The Morgan fingerprint density at radius 1 is 1.33 bits per heavy atom. The molecule has 0 spiro atoms. The lowest BCUT2D eigenvalue weighted by molar-refractivity contribution is -0.302. The van der Waals surface area contributed by atoms with Gasteiger partial charge in [0.25, 0.3) is 0 Å². The molecule has 0 amide bonds. The Labute approximate surface area is 198 Å². The van der Waals surface area contributed by atoms with Crippen molar-refractivity contribution in [1.29, 1.82) is 0 Å². The number of aliphatic hydroxyl groups is 1. The van der Waals surface area contributed by atoms with Crippen molar-refractivity contribution in [3.05, 3.63) is 65.4 Å². The number of rotatable bonds is 9. The minimum atomic E-state index is -1.20. The highest BCUT2D eigenvalue weighted by atomic mass is 16.7. The van der Waals surface area contributed by atoms with Crippen molar-refractivity contribution in [3.8, 4) is 5.75 Å². The second-order valence-corrected chi connectivity index (χ2v) is 9.11. The number of hydrogen-bond acceptors (Lipinski definition) is 6. The minimum Gasteiger partial charge on any atom is -0.488 e.